The summed E-state index contributed by atoms with van der Waals surface area (Å²) in [7, 11) is -3.81. The normalized spacial score (nSPS) is 11.5. The Morgan fingerprint density at radius 3 is 2.09 bits per heavy atom. The van der Waals surface area contributed by atoms with Crippen molar-refractivity contribution >= 4 is 31.6 Å². The Balaban J connectivity index is 1.81. The van der Waals surface area contributed by atoms with E-state index in [2.05, 4.69) is 19.4 Å². The number of nitrogens with one attached hydrogen (secondary N) is 2. The van der Waals surface area contributed by atoms with Crippen LogP contribution in [0.2, 0.25) is 0 Å². The number of benzene rings is 2. The summed E-state index contributed by atoms with van der Waals surface area (Å²) in [5.41, 5.74) is 0.158. The molecule has 32 heavy (non-hydrogen) atoms. The molecule has 1 aromatic heterocycles. The predicted octanol–water partition coefficient (Wildman–Crippen LogP) is 2.10. The number of methoxy groups -OCH3 is 3. The summed E-state index contributed by atoms with van der Waals surface area (Å²) >= 11 is 0. The van der Waals surface area contributed by atoms with E-state index in [0.717, 1.165) is 6.33 Å². The minimum absolute atomic E-state index is 0.0215. The largest absolute Gasteiger partial charge is 0.497 e. The molecule has 0 atom stereocenters. The molecule has 3 aromatic rings. The summed E-state index contributed by atoms with van der Waals surface area (Å²) < 4.78 is 70.6. The fourth-order valence-corrected chi connectivity index (χ4v) is 4.82. The van der Waals surface area contributed by atoms with E-state index in [-0.39, 0.29) is 32.9 Å². The Kier molecular flexibility index (Phi) is 6.69. The molecule has 0 bridgehead atoms. The molecular weight excluding hydrogens is 460 g/mol. The summed E-state index contributed by atoms with van der Waals surface area (Å²) in [6, 6.07) is 10.7. The molecule has 0 spiro atoms. The second-order valence-electron chi connectivity index (χ2n) is 6.20. The van der Waals surface area contributed by atoms with Crippen molar-refractivity contribution in [3.05, 3.63) is 54.9 Å². The highest BCUT2D eigenvalue weighted by Crippen LogP contribution is 2.30. The number of rotatable bonds is 9. The Hall–Kier alpha value is -3.58. The van der Waals surface area contributed by atoms with Crippen molar-refractivity contribution in [1.82, 2.24) is 9.97 Å². The monoisotopic (exact) mass is 480 g/mol. The van der Waals surface area contributed by atoms with Gasteiger partial charge in [-0.1, -0.05) is 0 Å². The van der Waals surface area contributed by atoms with E-state index in [1.807, 2.05) is 0 Å². The van der Waals surface area contributed by atoms with Crippen LogP contribution < -0.4 is 23.7 Å². The highest BCUT2D eigenvalue weighted by atomic mass is 32.2. The smallest absolute Gasteiger partial charge is 0.265 e. The van der Waals surface area contributed by atoms with Gasteiger partial charge in [-0.25, -0.2) is 26.8 Å². The Morgan fingerprint density at radius 1 is 0.750 bits per heavy atom. The lowest BCUT2D eigenvalue weighted by atomic mass is 10.3. The molecule has 170 valence electrons. The minimum Gasteiger partial charge on any atom is -0.497 e. The third kappa shape index (κ3) is 5.18. The fraction of sp³-hybridized carbons (Fsp3) is 0.158. The number of aromatic nitrogens is 2. The first-order chi connectivity index (χ1) is 15.2. The fourth-order valence-electron chi connectivity index (χ4n) is 2.61. The van der Waals surface area contributed by atoms with Gasteiger partial charge in [-0.3, -0.25) is 9.44 Å². The molecular formula is C19H20N4O7S2. The van der Waals surface area contributed by atoms with Crippen LogP contribution in [-0.2, 0) is 20.0 Å². The lowest BCUT2D eigenvalue weighted by molar-refractivity contribution is 0.386. The molecule has 0 aliphatic carbocycles. The van der Waals surface area contributed by atoms with Gasteiger partial charge < -0.3 is 14.2 Å². The molecule has 0 saturated heterocycles. The Labute approximate surface area is 185 Å². The molecule has 0 fully saturated rings. The maximum Gasteiger partial charge on any atom is 0.265 e. The summed E-state index contributed by atoms with van der Waals surface area (Å²) in [5, 5.41) is 0. The molecule has 1 heterocycles. The number of ether oxygens (including phenoxy) is 3. The van der Waals surface area contributed by atoms with Gasteiger partial charge in [0, 0.05) is 17.8 Å². The van der Waals surface area contributed by atoms with Crippen molar-refractivity contribution < 1.29 is 31.0 Å². The second kappa shape index (κ2) is 9.28. The molecule has 3 rings (SSSR count). The number of nitrogens with zero attached hydrogens (tertiary/aromatic N) is 2. The molecule has 13 heteroatoms. The molecule has 0 radical (unpaired) electrons. The zero-order valence-corrected chi connectivity index (χ0v) is 18.9. The molecule has 0 amide bonds. The average molecular weight is 481 g/mol. The summed E-state index contributed by atoms with van der Waals surface area (Å²) in [5.74, 6) is 0.745. The molecule has 2 aromatic carbocycles. The van der Waals surface area contributed by atoms with Crippen LogP contribution in [0.3, 0.4) is 0 Å². The van der Waals surface area contributed by atoms with Gasteiger partial charge in [-0.2, -0.15) is 0 Å². The molecule has 0 saturated carbocycles. The van der Waals surface area contributed by atoms with Crippen LogP contribution in [0.4, 0.5) is 11.5 Å². The van der Waals surface area contributed by atoms with Crippen LogP contribution in [0.15, 0.2) is 64.6 Å². The van der Waals surface area contributed by atoms with Crippen LogP contribution in [0.1, 0.15) is 0 Å². The maximum atomic E-state index is 12.8. The SMILES string of the molecule is COc1ccc(S(=O)(=O)Nc2ccc(S(=O)(=O)Nc3cc(OC)ncn3)cc2)c(OC)c1. The zero-order chi connectivity index (χ0) is 23.4. The molecule has 0 aliphatic rings. The number of hydrogen-bond donors (Lipinski definition) is 2. The third-order valence-corrected chi connectivity index (χ3v) is 6.96. The topological polar surface area (TPSA) is 146 Å². The first kappa shape index (κ1) is 23.1. The van der Waals surface area contributed by atoms with Crippen molar-refractivity contribution in [2.24, 2.45) is 0 Å². The molecule has 11 nitrogen and oxygen atoms in total. The minimum atomic E-state index is -4.01. The Bertz CT molecular complexity index is 1310. The van der Waals surface area contributed by atoms with E-state index >= 15 is 0 Å². The van der Waals surface area contributed by atoms with E-state index in [9.17, 15) is 16.8 Å². The highest BCUT2D eigenvalue weighted by molar-refractivity contribution is 7.93. The maximum absolute atomic E-state index is 12.8. The van der Waals surface area contributed by atoms with E-state index < -0.39 is 20.0 Å². The summed E-state index contributed by atoms with van der Waals surface area (Å²) in [6.45, 7) is 0. The van der Waals surface area contributed by atoms with Crippen molar-refractivity contribution in [1.29, 1.82) is 0 Å². The van der Waals surface area contributed by atoms with Crippen molar-refractivity contribution in [3.63, 3.8) is 0 Å². The lowest BCUT2D eigenvalue weighted by Crippen LogP contribution is -2.15. The number of anilines is 2. The quantitative estimate of drug-likeness (QED) is 0.470. The number of hydrogen-bond acceptors (Lipinski definition) is 9. The standard InChI is InChI=1S/C19H20N4O7S2/c1-28-14-6-9-17(16(10-14)29-2)32(26,27)22-13-4-7-15(8-5-13)31(24,25)23-18-11-19(30-3)21-12-20-18/h4-12,22H,1-3H3,(H,20,21,23). The second-order valence-corrected chi connectivity index (χ2v) is 9.53. The van der Waals surface area contributed by atoms with Gasteiger partial charge >= 0.3 is 0 Å². The van der Waals surface area contributed by atoms with Gasteiger partial charge in [-0.15, -0.1) is 0 Å². The van der Waals surface area contributed by atoms with E-state index in [4.69, 9.17) is 14.2 Å². The van der Waals surface area contributed by atoms with Gasteiger partial charge in [0.05, 0.1) is 26.2 Å². The lowest BCUT2D eigenvalue weighted by Gasteiger charge is -2.13. The first-order valence-corrected chi connectivity index (χ1v) is 11.9. The Morgan fingerprint density at radius 2 is 1.47 bits per heavy atom. The van der Waals surface area contributed by atoms with Gasteiger partial charge in [0.2, 0.25) is 5.88 Å². The van der Waals surface area contributed by atoms with E-state index in [1.54, 1.807) is 0 Å². The van der Waals surface area contributed by atoms with Gasteiger partial charge in [-0.05, 0) is 36.4 Å². The van der Waals surface area contributed by atoms with Crippen LogP contribution in [0.5, 0.6) is 17.4 Å². The molecule has 2 N–H and O–H groups in total. The molecule has 0 aliphatic heterocycles. The first-order valence-electron chi connectivity index (χ1n) is 8.92. The van der Waals surface area contributed by atoms with Crippen molar-refractivity contribution in [2.75, 3.05) is 30.8 Å². The van der Waals surface area contributed by atoms with Crippen LogP contribution in [0.25, 0.3) is 0 Å². The van der Waals surface area contributed by atoms with E-state index in [0.29, 0.717) is 5.75 Å². The van der Waals surface area contributed by atoms with Crippen molar-refractivity contribution in [3.8, 4) is 17.4 Å². The van der Waals surface area contributed by atoms with Gasteiger partial charge in [0.25, 0.3) is 20.0 Å². The van der Waals surface area contributed by atoms with Crippen molar-refractivity contribution in [2.45, 2.75) is 9.79 Å². The van der Waals surface area contributed by atoms with Gasteiger partial charge in [0.15, 0.2) is 0 Å². The van der Waals surface area contributed by atoms with Gasteiger partial charge in [0.1, 0.15) is 28.5 Å². The predicted molar refractivity (Wildman–Crippen MR) is 116 cm³/mol. The molecule has 0 unspecified atom stereocenters. The highest BCUT2D eigenvalue weighted by Gasteiger charge is 2.21. The average Bonchev–Trinajstić information content (AvgIpc) is 2.78. The van der Waals surface area contributed by atoms with Crippen LogP contribution in [-0.4, -0.2) is 48.1 Å². The zero-order valence-electron chi connectivity index (χ0n) is 17.3. The number of sulfonamides is 2. The third-order valence-electron chi connectivity index (χ3n) is 4.17. The summed E-state index contributed by atoms with van der Waals surface area (Å²) in [6.07, 6.45) is 1.15. The summed E-state index contributed by atoms with van der Waals surface area (Å²) in [4.78, 5) is 7.44. The van der Waals surface area contributed by atoms with Crippen LogP contribution >= 0.6 is 0 Å². The van der Waals surface area contributed by atoms with E-state index in [1.165, 1.54) is 69.9 Å². The van der Waals surface area contributed by atoms with Crippen LogP contribution in [0, 0.1) is 0 Å².